The van der Waals surface area contributed by atoms with E-state index in [-0.39, 0.29) is 23.1 Å². The van der Waals surface area contributed by atoms with Crippen LogP contribution in [0.4, 0.5) is 4.79 Å². The third-order valence-electron chi connectivity index (χ3n) is 2.97. The third kappa shape index (κ3) is 3.83. The van der Waals surface area contributed by atoms with Crippen LogP contribution in [0.15, 0.2) is 22.3 Å². The molecule has 0 unspecified atom stereocenters. The zero-order valence-electron chi connectivity index (χ0n) is 12.2. The molecule has 1 N–H and O–H groups in total. The zero-order chi connectivity index (χ0) is 17.1. The number of halogens is 2. The van der Waals surface area contributed by atoms with Crippen LogP contribution in [0.1, 0.15) is 5.56 Å². The number of likely N-dealkylation sites (N-methyl/N-ethyl adjacent to an activating group) is 1. The van der Waals surface area contributed by atoms with Gasteiger partial charge in [-0.25, -0.2) is 9.59 Å². The molecule has 3 amide bonds. The first-order valence-corrected chi connectivity index (χ1v) is 7.50. The Labute approximate surface area is 145 Å². The number of esters is 1. The van der Waals surface area contributed by atoms with Crippen molar-refractivity contribution in [3.63, 3.8) is 0 Å². The number of benzene rings is 1. The van der Waals surface area contributed by atoms with E-state index in [1.165, 1.54) is 20.2 Å². The minimum Gasteiger partial charge on any atom is -0.479 e. The van der Waals surface area contributed by atoms with Gasteiger partial charge in [0.25, 0.3) is 5.91 Å². The van der Waals surface area contributed by atoms with E-state index in [2.05, 4.69) is 26.0 Å². The third-order valence-corrected chi connectivity index (χ3v) is 3.84. The van der Waals surface area contributed by atoms with Gasteiger partial charge in [-0.3, -0.25) is 9.69 Å². The van der Waals surface area contributed by atoms with Crippen LogP contribution in [0, 0.1) is 0 Å². The summed E-state index contributed by atoms with van der Waals surface area (Å²) in [5, 5.41) is 2.69. The first kappa shape index (κ1) is 17.3. The van der Waals surface area contributed by atoms with Crippen LogP contribution in [0.2, 0.25) is 5.02 Å². The molecule has 1 aliphatic rings. The lowest BCUT2D eigenvalue weighted by atomic mass is 10.2. The topological polar surface area (TPSA) is 84.9 Å². The summed E-state index contributed by atoms with van der Waals surface area (Å²) in [6.07, 6.45) is 1.49. The van der Waals surface area contributed by atoms with Crippen LogP contribution in [0.25, 0.3) is 6.08 Å². The largest absolute Gasteiger partial charge is 0.479 e. The summed E-state index contributed by atoms with van der Waals surface area (Å²) < 4.78 is 10.3. The Morgan fingerprint density at radius 1 is 1.43 bits per heavy atom. The predicted octanol–water partition coefficient (Wildman–Crippen LogP) is 2.18. The first-order valence-electron chi connectivity index (χ1n) is 6.33. The lowest BCUT2D eigenvalue weighted by molar-refractivity contribution is -0.142. The van der Waals surface area contributed by atoms with E-state index >= 15 is 0 Å². The number of rotatable bonds is 4. The van der Waals surface area contributed by atoms with Crippen molar-refractivity contribution in [2.45, 2.75) is 0 Å². The van der Waals surface area contributed by atoms with Gasteiger partial charge in [-0.2, -0.15) is 0 Å². The van der Waals surface area contributed by atoms with Crippen LogP contribution in [-0.2, 0) is 14.3 Å². The number of imide groups is 1. The minimum absolute atomic E-state index is 0.142. The Morgan fingerprint density at radius 3 is 2.65 bits per heavy atom. The van der Waals surface area contributed by atoms with Crippen molar-refractivity contribution in [3.05, 3.63) is 32.9 Å². The maximum Gasteiger partial charge on any atom is 0.343 e. The van der Waals surface area contributed by atoms with Gasteiger partial charge >= 0.3 is 12.0 Å². The minimum atomic E-state index is -0.540. The highest BCUT2D eigenvalue weighted by molar-refractivity contribution is 9.10. The highest BCUT2D eigenvalue weighted by Gasteiger charge is 2.30. The van der Waals surface area contributed by atoms with Gasteiger partial charge in [-0.05, 0) is 39.7 Å². The highest BCUT2D eigenvalue weighted by atomic mass is 79.9. The molecular weight excluding hydrogens is 392 g/mol. The number of hydrogen-bond donors (Lipinski definition) is 1. The average Bonchev–Trinajstić information content (AvgIpc) is 2.73. The maximum atomic E-state index is 11.8. The summed E-state index contributed by atoms with van der Waals surface area (Å²) in [4.78, 5) is 35.3. The van der Waals surface area contributed by atoms with Crippen molar-refractivity contribution in [1.29, 1.82) is 0 Å². The Kier molecular flexibility index (Phi) is 5.27. The number of nitrogens with one attached hydrogen (secondary N) is 1. The van der Waals surface area contributed by atoms with Gasteiger partial charge in [0, 0.05) is 7.05 Å². The van der Waals surface area contributed by atoms with Crippen molar-refractivity contribution in [3.8, 4) is 5.75 Å². The Bertz CT molecular complexity index is 696. The number of carbonyl (C=O) groups is 3. The number of methoxy groups -OCH3 is 1. The van der Waals surface area contributed by atoms with Crippen molar-refractivity contribution < 1.29 is 23.9 Å². The standard InChI is InChI=1S/C14H12BrClN2O5/c1-18-13(20)10(17-14(18)21)5-7-3-8(15)12(9(16)4-7)23-6-11(19)22-2/h3-5H,6H2,1-2H3,(H,17,21)/b10-5+. The van der Waals surface area contributed by atoms with Crippen LogP contribution in [0.3, 0.4) is 0 Å². The molecule has 0 radical (unpaired) electrons. The molecule has 23 heavy (non-hydrogen) atoms. The number of amides is 3. The number of ether oxygens (including phenoxy) is 2. The maximum absolute atomic E-state index is 11.8. The smallest absolute Gasteiger partial charge is 0.343 e. The number of hydrogen-bond acceptors (Lipinski definition) is 5. The molecule has 9 heteroatoms. The molecule has 122 valence electrons. The highest BCUT2D eigenvalue weighted by Crippen LogP contribution is 2.35. The molecule has 0 atom stereocenters. The Hall–Kier alpha value is -2.06. The van der Waals surface area contributed by atoms with Gasteiger partial charge in [0.15, 0.2) is 12.4 Å². The second kappa shape index (κ2) is 7.01. The monoisotopic (exact) mass is 402 g/mol. The van der Waals surface area contributed by atoms with Crippen LogP contribution in [-0.4, -0.2) is 43.6 Å². The van der Waals surface area contributed by atoms with Gasteiger partial charge in [-0.15, -0.1) is 0 Å². The molecular formula is C14H12BrClN2O5. The van der Waals surface area contributed by atoms with Crippen molar-refractivity contribution in [1.82, 2.24) is 10.2 Å². The van der Waals surface area contributed by atoms with E-state index in [4.69, 9.17) is 16.3 Å². The average molecular weight is 404 g/mol. The molecule has 1 aromatic rings. The zero-order valence-corrected chi connectivity index (χ0v) is 14.5. The Balaban J connectivity index is 2.25. The van der Waals surface area contributed by atoms with Crippen molar-refractivity contribution >= 4 is 51.5 Å². The second-order valence-corrected chi connectivity index (χ2v) is 5.79. The molecule has 1 saturated heterocycles. The fourth-order valence-corrected chi connectivity index (χ4v) is 2.77. The fourth-order valence-electron chi connectivity index (χ4n) is 1.78. The van der Waals surface area contributed by atoms with E-state index in [0.717, 1.165) is 4.90 Å². The predicted molar refractivity (Wildman–Crippen MR) is 85.9 cm³/mol. The van der Waals surface area contributed by atoms with Gasteiger partial charge in [0.1, 0.15) is 5.70 Å². The van der Waals surface area contributed by atoms with Crippen LogP contribution in [0.5, 0.6) is 5.75 Å². The van der Waals surface area contributed by atoms with E-state index in [1.807, 2.05) is 0 Å². The van der Waals surface area contributed by atoms with E-state index in [1.54, 1.807) is 12.1 Å². The molecule has 2 rings (SSSR count). The summed E-state index contributed by atoms with van der Waals surface area (Å²) in [5.74, 6) is -0.701. The van der Waals surface area contributed by atoms with Crippen LogP contribution < -0.4 is 10.1 Å². The van der Waals surface area contributed by atoms with Crippen LogP contribution >= 0.6 is 27.5 Å². The molecule has 1 aromatic carbocycles. The normalized spacial score (nSPS) is 15.8. The van der Waals surface area contributed by atoms with E-state index in [9.17, 15) is 14.4 Å². The van der Waals surface area contributed by atoms with Gasteiger partial charge in [0.05, 0.1) is 16.6 Å². The molecule has 0 saturated carbocycles. The molecule has 1 aliphatic heterocycles. The molecule has 0 spiro atoms. The van der Waals surface area contributed by atoms with Crippen molar-refractivity contribution in [2.24, 2.45) is 0 Å². The Morgan fingerprint density at radius 2 is 2.13 bits per heavy atom. The molecule has 0 bridgehead atoms. The lowest BCUT2D eigenvalue weighted by Crippen LogP contribution is -2.25. The number of nitrogens with zero attached hydrogens (tertiary/aromatic N) is 1. The van der Waals surface area contributed by atoms with Gasteiger partial charge in [-0.1, -0.05) is 11.6 Å². The van der Waals surface area contributed by atoms with Crippen molar-refractivity contribution in [2.75, 3.05) is 20.8 Å². The van der Waals surface area contributed by atoms with E-state index < -0.39 is 17.9 Å². The fraction of sp³-hybridized carbons (Fsp3) is 0.214. The quantitative estimate of drug-likeness (QED) is 0.473. The SMILES string of the molecule is COC(=O)COc1c(Cl)cc(/C=C2/NC(=O)N(C)C2=O)cc1Br. The summed E-state index contributed by atoms with van der Waals surface area (Å²) in [6, 6.07) is 2.69. The lowest BCUT2D eigenvalue weighted by Gasteiger charge is -2.10. The summed E-state index contributed by atoms with van der Waals surface area (Å²) in [5.41, 5.74) is 0.718. The summed E-state index contributed by atoms with van der Waals surface area (Å²) >= 11 is 9.41. The number of urea groups is 1. The van der Waals surface area contributed by atoms with E-state index in [0.29, 0.717) is 10.0 Å². The van der Waals surface area contributed by atoms with Gasteiger partial charge < -0.3 is 14.8 Å². The number of carbonyl (C=O) groups excluding carboxylic acids is 3. The summed E-state index contributed by atoms with van der Waals surface area (Å²) in [6.45, 7) is -0.283. The molecule has 0 aromatic heterocycles. The van der Waals surface area contributed by atoms with Gasteiger partial charge in [0.2, 0.25) is 0 Å². The summed E-state index contributed by atoms with van der Waals surface area (Å²) in [7, 11) is 2.63. The molecule has 1 heterocycles. The molecule has 7 nitrogen and oxygen atoms in total. The first-order chi connectivity index (χ1) is 10.8. The second-order valence-electron chi connectivity index (χ2n) is 4.53. The molecule has 0 aliphatic carbocycles. The molecule has 1 fully saturated rings.